The molecule has 1 aromatic carbocycles. The van der Waals surface area contributed by atoms with Crippen LogP contribution in [0.3, 0.4) is 0 Å². The summed E-state index contributed by atoms with van der Waals surface area (Å²) in [6.45, 7) is 6.16. The summed E-state index contributed by atoms with van der Waals surface area (Å²) in [6, 6.07) is 4.32. The molecule has 108 valence electrons. The van der Waals surface area contributed by atoms with E-state index in [0.29, 0.717) is 25.2 Å². The second-order valence-electron chi connectivity index (χ2n) is 4.64. The van der Waals surface area contributed by atoms with Crippen molar-refractivity contribution in [2.75, 3.05) is 19.8 Å². The van der Waals surface area contributed by atoms with Gasteiger partial charge in [0.15, 0.2) is 11.6 Å². The van der Waals surface area contributed by atoms with Gasteiger partial charge in [-0.15, -0.1) is 0 Å². The van der Waals surface area contributed by atoms with Gasteiger partial charge in [0, 0.05) is 12.6 Å². The third kappa shape index (κ3) is 5.66. The summed E-state index contributed by atoms with van der Waals surface area (Å²) in [6.07, 6.45) is 2.39. The zero-order valence-corrected chi connectivity index (χ0v) is 11.7. The van der Waals surface area contributed by atoms with Gasteiger partial charge in [-0.25, -0.2) is 8.78 Å². The van der Waals surface area contributed by atoms with Gasteiger partial charge in [0.25, 0.3) is 0 Å². The quantitative estimate of drug-likeness (QED) is 0.696. The minimum atomic E-state index is -0.791. The van der Waals surface area contributed by atoms with Crippen molar-refractivity contribution in [3.63, 3.8) is 0 Å². The molecule has 0 bridgehead atoms. The van der Waals surface area contributed by atoms with Crippen molar-refractivity contribution >= 4 is 0 Å². The normalized spacial score (nSPS) is 12.6. The van der Waals surface area contributed by atoms with Gasteiger partial charge in [-0.3, -0.25) is 0 Å². The Morgan fingerprint density at radius 2 is 2.00 bits per heavy atom. The summed E-state index contributed by atoms with van der Waals surface area (Å²) in [5, 5.41) is 3.31. The van der Waals surface area contributed by atoms with Crippen molar-refractivity contribution < 1.29 is 13.5 Å². The molecule has 0 spiro atoms. The third-order valence-corrected chi connectivity index (χ3v) is 2.85. The van der Waals surface area contributed by atoms with Crippen LogP contribution in [0.4, 0.5) is 8.78 Å². The number of nitrogens with one attached hydrogen (secondary N) is 1. The van der Waals surface area contributed by atoms with E-state index >= 15 is 0 Å². The first-order chi connectivity index (χ1) is 9.19. The van der Waals surface area contributed by atoms with E-state index < -0.39 is 11.6 Å². The first-order valence-corrected chi connectivity index (χ1v) is 6.93. The van der Waals surface area contributed by atoms with Crippen LogP contribution in [0, 0.1) is 11.6 Å². The zero-order chi connectivity index (χ0) is 14.1. The number of ether oxygens (including phenoxy) is 1. The molecule has 0 heterocycles. The lowest BCUT2D eigenvalue weighted by Crippen LogP contribution is -2.36. The molecule has 4 heteroatoms. The summed E-state index contributed by atoms with van der Waals surface area (Å²) in [5.74, 6) is -1.54. The molecular weight excluding hydrogens is 248 g/mol. The summed E-state index contributed by atoms with van der Waals surface area (Å²) < 4.78 is 32.3. The van der Waals surface area contributed by atoms with Gasteiger partial charge in [-0.2, -0.15) is 0 Å². The molecule has 0 amide bonds. The minimum Gasteiger partial charge on any atom is -0.380 e. The highest BCUT2D eigenvalue weighted by molar-refractivity contribution is 5.20. The van der Waals surface area contributed by atoms with Gasteiger partial charge in [-0.1, -0.05) is 26.0 Å². The summed E-state index contributed by atoms with van der Waals surface area (Å²) in [5.41, 5.74) is 0.397. The molecule has 0 fully saturated rings. The molecule has 2 nitrogen and oxygen atoms in total. The van der Waals surface area contributed by atoms with Gasteiger partial charge in [-0.05, 0) is 37.4 Å². The van der Waals surface area contributed by atoms with E-state index in [4.69, 9.17) is 4.74 Å². The predicted molar refractivity (Wildman–Crippen MR) is 73.3 cm³/mol. The summed E-state index contributed by atoms with van der Waals surface area (Å²) in [7, 11) is 0. The monoisotopic (exact) mass is 271 g/mol. The van der Waals surface area contributed by atoms with E-state index in [9.17, 15) is 8.78 Å². The van der Waals surface area contributed by atoms with Crippen molar-refractivity contribution in [1.82, 2.24) is 5.32 Å². The van der Waals surface area contributed by atoms with Crippen LogP contribution in [0.2, 0.25) is 0 Å². The van der Waals surface area contributed by atoms with Crippen LogP contribution in [0.1, 0.15) is 32.3 Å². The Kier molecular flexibility index (Phi) is 7.60. The topological polar surface area (TPSA) is 21.3 Å². The molecule has 0 saturated heterocycles. The maximum absolute atomic E-state index is 13.6. The Bertz CT molecular complexity index is 371. The highest BCUT2D eigenvalue weighted by Crippen LogP contribution is 2.13. The Labute approximate surface area is 114 Å². The minimum absolute atomic E-state index is 0.0165. The Balaban J connectivity index is 2.61. The second kappa shape index (κ2) is 8.99. The predicted octanol–water partition coefficient (Wildman–Crippen LogP) is 3.30. The molecule has 0 saturated carbocycles. The molecule has 0 radical (unpaired) electrons. The molecule has 0 aliphatic heterocycles. The van der Waals surface area contributed by atoms with E-state index in [0.717, 1.165) is 25.5 Å². The van der Waals surface area contributed by atoms with Gasteiger partial charge in [0.05, 0.1) is 6.61 Å². The molecule has 0 aromatic heterocycles. The largest absolute Gasteiger partial charge is 0.380 e. The van der Waals surface area contributed by atoms with Crippen LogP contribution in [0.15, 0.2) is 18.2 Å². The van der Waals surface area contributed by atoms with Crippen molar-refractivity contribution in [3.8, 4) is 0 Å². The van der Waals surface area contributed by atoms with E-state index in [1.165, 1.54) is 6.07 Å². The first-order valence-electron chi connectivity index (χ1n) is 6.93. The number of hydrogen-bond donors (Lipinski definition) is 1. The third-order valence-electron chi connectivity index (χ3n) is 2.85. The zero-order valence-electron chi connectivity index (χ0n) is 11.7. The Hall–Kier alpha value is -1.00. The molecular formula is C15H23F2NO. The van der Waals surface area contributed by atoms with Crippen LogP contribution in [0.25, 0.3) is 0 Å². The van der Waals surface area contributed by atoms with Crippen LogP contribution in [0.5, 0.6) is 0 Å². The molecule has 19 heavy (non-hydrogen) atoms. The molecule has 1 aromatic rings. The van der Waals surface area contributed by atoms with Gasteiger partial charge in [0.2, 0.25) is 0 Å². The Morgan fingerprint density at radius 1 is 1.21 bits per heavy atom. The maximum atomic E-state index is 13.6. The van der Waals surface area contributed by atoms with Crippen molar-refractivity contribution in [2.45, 2.75) is 39.2 Å². The molecule has 1 rings (SSSR count). The van der Waals surface area contributed by atoms with Crippen LogP contribution in [-0.4, -0.2) is 25.8 Å². The van der Waals surface area contributed by atoms with Crippen LogP contribution in [-0.2, 0) is 11.2 Å². The standard InChI is InChI=1S/C15H23F2NO/c1-3-8-18-13(11-19-9-4-2)10-12-6-5-7-14(16)15(12)17/h5-7,13,18H,3-4,8-11H2,1-2H3. The number of hydrogen-bond acceptors (Lipinski definition) is 2. The van der Waals surface area contributed by atoms with E-state index in [2.05, 4.69) is 12.2 Å². The fraction of sp³-hybridized carbons (Fsp3) is 0.600. The second-order valence-corrected chi connectivity index (χ2v) is 4.64. The highest BCUT2D eigenvalue weighted by Gasteiger charge is 2.14. The lowest BCUT2D eigenvalue weighted by molar-refractivity contribution is 0.111. The van der Waals surface area contributed by atoms with Crippen molar-refractivity contribution in [1.29, 1.82) is 0 Å². The van der Waals surface area contributed by atoms with Gasteiger partial charge >= 0.3 is 0 Å². The van der Waals surface area contributed by atoms with Crippen molar-refractivity contribution in [3.05, 3.63) is 35.4 Å². The fourth-order valence-corrected chi connectivity index (χ4v) is 1.88. The number of benzene rings is 1. The fourth-order valence-electron chi connectivity index (χ4n) is 1.88. The van der Waals surface area contributed by atoms with Gasteiger partial charge in [0.1, 0.15) is 0 Å². The molecule has 0 aliphatic carbocycles. The highest BCUT2D eigenvalue weighted by atomic mass is 19.2. The summed E-state index contributed by atoms with van der Waals surface area (Å²) >= 11 is 0. The molecule has 1 N–H and O–H groups in total. The van der Waals surface area contributed by atoms with Crippen LogP contribution >= 0.6 is 0 Å². The van der Waals surface area contributed by atoms with E-state index in [1.54, 1.807) is 6.07 Å². The Morgan fingerprint density at radius 3 is 2.68 bits per heavy atom. The average molecular weight is 271 g/mol. The molecule has 1 atom stereocenters. The number of rotatable bonds is 9. The first kappa shape index (κ1) is 16.1. The lowest BCUT2D eigenvalue weighted by Gasteiger charge is -2.19. The molecule has 0 aliphatic rings. The van der Waals surface area contributed by atoms with E-state index in [-0.39, 0.29) is 6.04 Å². The maximum Gasteiger partial charge on any atom is 0.162 e. The number of halogens is 2. The SMILES string of the molecule is CCCNC(COCCC)Cc1cccc(F)c1F. The smallest absolute Gasteiger partial charge is 0.162 e. The van der Waals surface area contributed by atoms with E-state index in [1.807, 2.05) is 6.92 Å². The van der Waals surface area contributed by atoms with Crippen LogP contribution < -0.4 is 5.32 Å². The van der Waals surface area contributed by atoms with Gasteiger partial charge < -0.3 is 10.1 Å². The van der Waals surface area contributed by atoms with Crippen molar-refractivity contribution in [2.24, 2.45) is 0 Å². The summed E-state index contributed by atoms with van der Waals surface area (Å²) in [4.78, 5) is 0. The molecule has 1 unspecified atom stereocenters. The lowest BCUT2D eigenvalue weighted by atomic mass is 10.1. The average Bonchev–Trinajstić information content (AvgIpc) is 2.41.